The van der Waals surface area contributed by atoms with Crippen LogP contribution in [0.4, 0.5) is 5.69 Å². The van der Waals surface area contributed by atoms with E-state index in [0.717, 1.165) is 0 Å². The Balaban J connectivity index is 2.86. The van der Waals surface area contributed by atoms with Crippen molar-refractivity contribution in [1.29, 1.82) is 0 Å². The standard InChI is InChI=1S/C9H12ClNO2S/c1-9(2,3)13-8(12)7-6(11)5(10)4-14-7/h4H,11H2,1-3H3. The zero-order valence-electron chi connectivity index (χ0n) is 8.26. The fourth-order valence-corrected chi connectivity index (χ4v) is 1.84. The third kappa shape index (κ3) is 2.62. The Kier molecular flexibility index (Phi) is 3.07. The molecule has 14 heavy (non-hydrogen) atoms. The monoisotopic (exact) mass is 233 g/mol. The van der Waals surface area contributed by atoms with Crippen LogP contribution in [0.2, 0.25) is 5.02 Å². The first kappa shape index (κ1) is 11.3. The number of nitrogen functional groups attached to an aromatic ring is 1. The number of esters is 1. The number of hydrogen-bond donors (Lipinski definition) is 1. The van der Waals surface area contributed by atoms with Crippen molar-refractivity contribution >= 4 is 34.6 Å². The summed E-state index contributed by atoms with van der Waals surface area (Å²) in [6, 6.07) is 0. The minimum absolute atomic E-state index is 0.297. The third-order valence-corrected chi connectivity index (χ3v) is 2.78. The third-order valence-electron chi connectivity index (χ3n) is 1.37. The van der Waals surface area contributed by atoms with E-state index in [0.29, 0.717) is 15.6 Å². The van der Waals surface area contributed by atoms with Crippen LogP contribution in [-0.4, -0.2) is 11.6 Å². The van der Waals surface area contributed by atoms with Crippen molar-refractivity contribution in [1.82, 2.24) is 0 Å². The summed E-state index contributed by atoms with van der Waals surface area (Å²) in [5, 5.41) is 2.02. The highest BCUT2D eigenvalue weighted by molar-refractivity contribution is 7.13. The van der Waals surface area contributed by atoms with Crippen molar-refractivity contribution in [3.05, 3.63) is 15.3 Å². The summed E-state index contributed by atoms with van der Waals surface area (Å²) in [6.45, 7) is 5.41. The molecule has 0 saturated carbocycles. The lowest BCUT2D eigenvalue weighted by molar-refractivity contribution is 0.00764. The average molecular weight is 234 g/mol. The Hall–Kier alpha value is -0.740. The van der Waals surface area contributed by atoms with Crippen LogP contribution >= 0.6 is 22.9 Å². The van der Waals surface area contributed by atoms with Gasteiger partial charge in [-0.05, 0) is 20.8 Å². The molecule has 2 N–H and O–H groups in total. The highest BCUT2D eigenvalue weighted by Crippen LogP contribution is 2.30. The van der Waals surface area contributed by atoms with E-state index in [1.54, 1.807) is 26.2 Å². The largest absolute Gasteiger partial charge is 0.456 e. The number of thiophene rings is 1. The predicted molar refractivity (Wildman–Crippen MR) is 58.9 cm³/mol. The molecule has 0 atom stereocenters. The van der Waals surface area contributed by atoms with Gasteiger partial charge in [-0.1, -0.05) is 11.6 Å². The fraction of sp³-hybridized carbons (Fsp3) is 0.444. The van der Waals surface area contributed by atoms with Gasteiger partial charge in [0.05, 0.1) is 10.7 Å². The van der Waals surface area contributed by atoms with Gasteiger partial charge in [-0.25, -0.2) is 4.79 Å². The van der Waals surface area contributed by atoms with Gasteiger partial charge in [0.25, 0.3) is 0 Å². The van der Waals surface area contributed by atoms with Crippen molar-refractivity contribution in [2.24, 2.45) is 0 Å². The van der Waals surface area contributed by atoms with Gasteiger partial charge >= 0.3 is 5.97 Å². The Bertz CT molecular complexity index is 354. The molecule has 78 valence electrons. The molecule has 3 nitrogen and oxygen atoms in total. The average Bonchev–Trinajstić information content (AvgIpc) is 2.29. The number of halogens is 1. The molecule has 0 saturated heterocycles. The topological polar surface area (TPSA) is 52.3 Å². The van der Waals surface area contributed by atoms with E-state index in [9.17, 15) is 4.79 Å². The van der Waals surface area contributed by atoms with Crippen LogP contribution in [0.1, 0.15) is 30.4 Å². The Labute approximate surface area is 91.8 Å². The van der Waals surface area contributed by atoms with E-state index in [1.165, 1.54) is 11.3 Å². The molecule has 0 aliphatic rings. The van der Waals surface area contributed by atoms with Gasteiger partial charge in [-0.15, -0.1) is 11.3 Å². The minimum atomic E-state index is -0.514. The van der Waals surface area contributed by atoms with Crippen molar-refractivity contribution in [2.45, 2.75) is 26.4 Å². The zero-order chi connectivity index (χ0) is 10.9. The SMILES string of the molecule is CC(C)(C)OC(=O)c1scc(Cl)c1N. The van der Waals surface area contributed by atoms with E-state index in [-0.39, 0.29) is 0 Å². The summed E-state index contributed by atoms with van der Waals surface area (Å²) >= 11 is 6.92. The highest BCUT2D eigenvalue weighted by Gasteiger charge is 2.22. The smallest absolute Gasteiger partial charge is 0.351 e. The van der Waals surface area contributed by atoms with Gasteiger partial charge in [0.2, 0.25) is 0 Å². The summed E-state index contributed by atoms with van der Waals surface area (Å²) in [6.07, 6.45) is 0. The second kappa shape index (κ2) is 3.79. The molecular weight excluding hydrogens is 222 g/mol. The molecule has 0 aliphatic heterocycles. The van der Waals surface area contributed by atoms with Crippen molar-refractivity contribution in [3.8, 4) is 0 Å². The Morgan fingerprint density at radius 1 is 1.57 bits per heavy atom. The predicted octanol–water partition coefficient (Wildman–Crippen LogP) is 2.94. The van der Waals surface area contributed by atoms with Gasteiger partial charge < -0.3 is 10.5 Å². The lowest BCUT2D eigenvalue weighted by Crippen LogP contribution is -2.23. The van der Waals surface area contributed by atoms with Crippen LogP contribution in [0.3, 0.4) is 0 Å². The molecular formula is C9H12ClNO2S. The van der Waals surface area contributed by atoms with E-state index in [1.807, 2.05) is 0 Å². The maximum absolute atomic E-state index is 11.5. The summed E-state index contributed by atoms with van der Waals surface area (Å²) in [4.78, 5) is 11.9. The lowest BCUT2D eigenvalue weighted by atomic mass is 10.2. The van der Waals surface area contributed by atoms with Gasteiger partial charge in [0.1, 0.15) is 10.5 Å². The second-order valence-electron chi connectivity index (χ2n) is 3.83. The van der Waals surface area contributed by atoms with Gasteiger partial charge in [-0.3, -0.25) is 0 Å². The molecule has 5 heteroatoms. The molecule has 0 fully saturated rings. The van der Waals surface area contributed by atoms with Crippen LogP contribution in [0.25, 0.3) is 0 Å². The van der Waals surface area contributed by atoms with E-state index in [2.05, 4.69) is 0 Å². The van der Waals surface area contributed by atoms with Crippen molar-refractivity contribution in [3.63, 3.8) is 0 Å². The molecule has 1 aromatic heterocycles. The van der Waals surface area contributed by atoms with Crippen LogP contribution in [0.5, 0.6) is 0 Å². The lowest BCUT2D eigenvalue weighted by Gasteiger charge is -2.18. The first-order chi connectivity index (χ1) is 6.31. The van der Waals surface area contributed by atoms with Crippen LogP contribution < -0.4 is 5.73 Å². The number of rotatable bonds is 1. The molecule has 1 aromatic rings. The normalized spacial score (nSPS) is 11.4. The van der Waals surface area contributed by atoms with Crippen molar-refractivity contribution in [2.75, 3.05) is 5.73 Å². The number of carbonyl (C=O) groups excluding carboxylic acids is 1. The zero-order valence-corrected chi connectivity index (χ0v) is 9.83. The molecule has 0 amide bonds. The first-order valence-electron chi connectivity index (χ1n) is 4.07. The summed E-state index contributed by atoms with van der Waals surface area (Å²) in [7, 11) is 0. The summed E-state index contributed by atoms with van der Waals surface area (Å²) < 4.78 is 5.15. The van der Waals surface area contributed by atoms with Crippen LogP contribution in [0, 0.1) is 0 Å². The van der Waals surface area contributed by atoms with Gasteiger partial charge in [0, 0.05) is 5.38 Å². The molecule has 1 rings (SSSR count). The molecule has 0 aromatic carbocycles. The quantitative estimate of drug-likeness (QED) is 0.759. The number of hydrogen-bond acceptors (Lipinski definition) is 4. The number of anilines is 1. The molecule has 0 radical (unpaired) electrons. The van der Waals surface area contributed by atoms with E-state index < -0.39 is 11.6 Å². The van der Waals surface area contributed by atoms with Crippen molar-refractivity contribution < 1.29 is 9.53 Å². The highest BCUT2D eigenvalue weighted by atomic mass is 35.5. The molecule has 1 heterocycles. The molecule has 0 spiro atoms. The molecule has 0 aliphatic carbocycles. The van der Waals surface area contributed by atoms with Gasteiger partial charge in [-0.2, -0.15) is 0 Å². The second-order valence-corrected chi connectivity index (χ2v) is 5.12. The molecule has 0 bridgehead atoms. The summed E-state index contributed by atoms with van der Waals surface area (Å²) in [5.41, 5.74) is 5.38. The maximum Gasteiger partial charge on any atom is 0.351 e. The first-order valence-corrected chi connectivity index (χ1v) is 5.33. The van der Waals surface area contributed by atoms with Crippen LogP contribution in [-0.2, 0) is 4.74 Å². The number of ether oxygens (including phenoxy) is 1. The van der Waals surface area contributed by atoms with Gasteiger partial charge in [0.15, 0.2) is 0 Å². The van der Waals surface area contributed by atoms with Crippen LogP contribution in [0.15, 0.2) is 5.38 Å². The maximum atomic E-state index is 11.5. The summed E-state index contributed by atoms with van der Waals surface area (Å²) in [5.74, 6) is -0.424. The fourth-order valence-electron chi connectivity index (χ4n) is 0.829. The minimum Gasteiger partial charge on any atom is -0.456 e. The Morgan fingerprint density at radius 2 is 2.14 bits per heavy atom. The molecule has 0 unspecified atom stereocenters. The number of carbonyl (C=O) groups is 1. The van der Waals surface area contributed by atoms with E-state index >= 15 is 0 Å². The Morgan fingerprint density at radius 3 is 2.50 bits per heavy atom. The van der Waals surface area contributed by atoms with E-state index in [4.69, 9.17) is 22.1 Å². The number of nitrogens with two attached hydrogens (primary N) is 1.